The quantitative estimate of drug-likeness (QED) is 0.865. The minimum atomic E-state index is -0.999. The molecule has 7 heteroatoms. The van der Waals surface area contributed by atoms with Gasteiger partial charge in [0.15, 0.2) is 11.2 Å². The number of pyridine rings is 1. The summed E-state index contributed by atoms with van der Waals surface area (Å²) in [6, 6.07) is 3.63. The number of rotatable bonds is 4. The number of ether oxygens (including phenoxy) is 1. The van der Waals surface area contributed by atoms with E-state index in [2.05, 4.69) is 26.0 Å². The lowest BCUT2D eigenvalue weighted by atomic mass is 10.2. The van der Waals surface area contributed by atoms with Crippen molar-refractivity contribution in [1.82, 2.24) is 14.8 Å². The van der Waals surface area contributed by atoms with Crippen molar-refractivity contribution in [3.05, 3.63) is 16.7 Å². The summed E-state index contributed by atoms with van der Waals surface area (Å²) in [5.74, 6) is -0.417. The highest BCUT2D eigenvalue weighted by Gasteiger charge is 2.61. The van der Waals surface area contributed by atoms with Gasteiger partial charge in [0.05, 0.1) is 12.0 Å². The summed E-state index contributed by atoms with van der Waals surface area (Å²) < 4.78 is 7.64. The smallest absolute Gasteiger partial charge is 0.332 e. The van der Waals surface area contributed by atoms with Crippen LogP contribution in [0.25, 0.3) is 11.0 Å². The Kier molecular flexibility index (Phi) is 2.97. The van der Waals surface area contributed by atoms with Gasteiger partial charge in [-0.2, -0.15) is 0 Å². The fourth-order valence-corrected chi connectivity index (χ4v) is 2.86. The molecular formula is C13H14BrN3O3. The van der Waals surface area contributed by atoms with Gasteiger partial charge in [-0.3, -0.25) is 0 Å². The molecule has 0 unspecified atom stereocenters. The van der Waals surface area contributed by atoms with Gasteiger partial charge in [0.2, 0.25) is 5.88 Å². The molecular weight excluding hydrogens is 326 g/mol. The summed E-state index contributed by atoms with van der Waals surface area (Å²) >= 11 is 3.31. The van der Waals surface area contributed by atoms with E-state index in [1.54, 1.807) is 6.07 Å². The lowest BCUT2D eigenvalue weighted by Gasteiger charge is -2.12. The Hall–Kier alpha value is -1.63. The number of carboxylic acid groups (broad SMARTS) is 1. The zero-order valence-electron chi connectivity index (χ0n) is 11.1. The molecule has 6 nitrogen and oxygen atoms in total. The molecule has 0 aromatic carbocycles. The SMILES string of the molecule is CCOc1nn([C@@]2(C(=O)O)C[C@@H]2C)c2nc(Br)ccc12. The molecule has 3 rings (SSSR count). The number of halogens is 1. The number of carbonyl (C=O) groups is 1. The predicted molar refractivity (Wildman–Crippen MR) is 75.8 cm³/mol. The van der Waals surface area contributed by atoms with E-state index in [1.807, 2.05) is 19.9 Å². The molecule has 1 fully saturated rings. The number of aromatic nitrogens is 3. The lowest BCUT2D eigenvalue weighted by molar-refractivity contribution is -0.143. The summed E-state index contributed by atoms with van der Waals surface area (Å²) in [5.41, 5.74) is -0.462. The number of nitrogens with zero attached hydrogens (tertiary/aromatic N) is 3. The molecule has 1 saturated carbocycles. The maximum Gasteiger partial charge on any atom is 0.332 e. The minimum Gasteiger partial charge on any atom is -0.479 e. The second-order valence-electron chi connectivity index (χ2n) is 4.99. The summed E-state index contributed by atoms with van der Waals surface area (Å²) in [5, 5.41) is 14.6. The minimum absolute atomic E-state index is 0.0263. The Morgan fingerprint density at radius 2 is 2.35 bits per heavy atom. The van der Waals surface area contributed by atoms with E-state index in [4.69, 9.17) is 4.74 Å². The Balaban J connectivity index is 2.25. The molecule has 0 radical (unpaired) electrons. The first-order chi connectivity index (χ1) is 9.50. The number of hydrogen-bond donors (Lipinski definition) is 1. The van der Waals surface area contributed by atoms with E-state index in [9.17, 15) is 9.90 Å². The van der Waals surface area contributed by atoms with Gasteiger partial charge < -0.3 is 9.84 Å². The van der Waals surface area contributed by atoms with Gasteiger partial charge in [-0.15, -0.1) is 5.10 Å². The molecule has 1 aliphatic rings. The van der Waals surface area contributed by atoms with Gasteiger partial charge >= 0.3 is 5.97 Å². The first-order valence-electron chi connectivity index (χ1n) is 6.42. The number of fused-ring (bicyclic) bond motifs is 1. The Morgan fingerprint density at radius 3 is 2.90 bits per heavy atom. The number of aliphatic carboxylic acids is 1. The normalized spacial score (nSPS) is 24.9. The number of carboxylic acids is 1. The van der Waals surface area contributed by atoms with Gasteiger partial charge in [-0.1, -0.05) is 6.92 Å². The average molecular weight is 340 g/mol. The third-order valence-electron chi connectivity index (χ3n) is 3.76. The zero-order valence-corrected chi connectivity index (χ0v) is 12.7. The molecule has 1 N–H and O–H groups in total. The van der Waals surface area contributed by atoms with Crippen molar-refractivity contribution in [2.24, 2.45) is 5.92 Å². The lowest BCUT2D eigenvalue weighted by Crippen LogP contribution is -2.30. The van der Waals surface area contributed by atoms with E-state index < -0.39 is 11.5 Å². The summed E-state index contributed by atoms with van der Waals surface area (Å²) in [4.78, 5) is 16.0. The molecule has 0 saturated heterocycles. The van der Waals surface area contributed by atoms with Crippen LogP contribution in [0.5, 0.6) is 5.88 Å². The predicted octanol–water partition coefficient (Wildman–Crippen LogP) is 2.41. The highest BCUT2D eigenvalue weighted by atomic mass is 79.9. The molecule has 0 amide bonds. The van der Waals surface area contributed by atoms with Crippen molar-refractivity contribution >= 4 is 32.9 Å². The van der Waals surface area contributed by atoms with E-state index >= 15 is 0 Å². The second kappa shape index (κ2) is 4.44. The van der Waals surface area contributed by atoms with Crippen LogP contribution in [0.15, 0.2) is 16.7 Å². The maximum absolute atomic E-state index is 11.6. The Morgan fingerprint density at radius 1 is 1.65 bits per heavy atom. The fraction of sp³-hybridized carbons (Fsp3) is 0.462. The van der Waals surface area contributed by atoms with Crippen molar-refractivity contribution in [1.29, 1.82) is 0 Å². The largest absolute Gasteiger partial charge is 0.479 e. The van der Waals surface area contributed by atoms with Crippen molar-refractivity contribution in [3.8, 4) is 5.88 Å². The summed E-state index contributed by atoms with van der Waals surface area (Å²) in [6.45, 7) is 4.24. The molecule has 1 aliphatic carbocycles. The molecule has 20 heavy (non-hydrogen) atoms. The van der Waals surface area contributed by atoms with Gasteiger partial charge in [-0.05, 0) is 47.3 Å². The van der Waals surface area contributed by atoms with Crippen molar-refractivity contribution in [2.45, 2.75) is 25.8 Å². The van der Waals surface area contributed by atoms with Gasteiger partial charge in [-0.25, -0.2) is 14.5 Å². The van der Waals surface area contributed by atoms with Crippen molar-refractivity contribution in [3.63, 3.8) is 0 Å². The summed E-state index contributed by atoms with van der Waals surface area (Å²) in [7, 11) is 0. The standard InChI is InChI=1S/C13H14BrN3O3/c1-3-20-11-8-4-5-9(14)15-10(8)17(16-11)13(12(18)19)6-7(13)2/h4-5,7H,3,6H2,1-2H3,(H,18,19)/t7-,13-/m0/s1. The third-order valence-corrected chi connectivity index (χ3v) is 4.21. The first kappa shape index (κ1) is 13.4. The molecule has 106 valence electrons. The molecule has 0 aliphatic heterocycles. The molecule has 2 aromatic rings. The van der Waals surface area contributed by atoms with Gasteiger partial charge in [0.25, 0.3) is 0 Å². The Labute approximate surface area is 123 Å². The van der Waals surface area contributed by atoms with Crippen molar-refractivity contribution < 1.29 is 14.6 Å². The van der Waals surface area contributed by atoms with Crippen LogP contribution >= 0.6 is 15.9 Å². The monoisotopic (exact) mass is 339 g/mol. The highest BCUT2D eigenvalue weighted by Crippen LogP contribution is 2.51. The van der Waals surface area contributed by atoms with E-state index in [-0.39, 0.29) is 5.92 Å². The van der Waals surface area contributed by atoms with E-state index in [0.29, 0.717) is 29.2 Å². The molecule has 0 spiro atoms. The number of hydrogen-bond acceptors (Lipinski definition) is 4. The van der Waals surface area contributed by atoms with Crippen LogP contribution in [0.4, 0.5) is 0 Å². The van der Waals surface area contributed by atoms with E-state index in [1.165, 1.54) is 4.68 Å². The van der Waals surface area contributed by atoms with Gasteiger partial charge in [0.1, 0.15) is 4.60 Å². The van der Waals surface area contributed by atoms with Crippen molar-refractivity contribution in [2.75, 3.05) is 6.61 Å². The van der Waals surface area contributed by atoms with Crippen LogP contribution in [0.3, 0.4) is 0 Å². The topological polar surface area (TPSA) is 77.2 Å². The van der Waals surface area contributed by atoms with E-state index in [0.717, 1.165) is 5.39 Å². The van der Waals surface area contributed by atoms with Crippen LogP contribution in [-0.4, -0.2) is 32.4 Å². The average Bonchev–Trinajstić information content (AvgIpc) is 2.95. The second-order valence-corrected chi connectivity index (χ2v) is 5.80. The first-order valence-corrected chi connectivity index (χ1v) is 7.22. The van der Waals surface area contributed by atoms with Crippen LogP contribution in [0, 0.1) is 5.92 Å². The zero-order chi connectivity index (χ0) is 14.5. The van der Waals surface area contributed by atoms with Gasteiger partial charge in [0, 0.05) is 0 Å². The van der Waals surface area contributed by atoms with Crippen LogP contribution in [-0.2, 0) is 10.3 Å². The highest BCUT2D eigenvalue weighted by molar-refractivity contribution is 9.10. The molecule has 2 atom stereocenters. The third kappa shape index (κ3) is 1.72. The van der Waals surface area contributed by atoms with Crippen LogP contribution in [0.2, 0.25) is 0 Å². The maximum atomic E-state index is 11.6. The van der Waals surface area contributed by atoms with Crippen LogP contribution < -0.4 is 4.74 Å². The van der Waals surface area contributed by atoms with Crippen LogP contribution in [0.1, 0.15) is 20.3 Å². The molecule has 0 bridgehead atoms. The molecule has 2 heterocycles. The fourth-order valence-electron chi connectivity index (χ4n) is 2.56. The summed E-state index contributed by atoms with van der Waals surface area (Å²) in [6.07, 6.45) is 0.554. The molecule has 2 aromatic heterocycles. The Bertz CT molecular complexity index is 699.